The molecule has 1 aromatic carbocycles. The van der Waals surface area contributed by atoms with E-state index in [-0.39, 0.29) is 0 Å². The lowest BCUT2D eigenvalue weighted by atomic mass is 10.2. The Balaban J connectivity index is 1.90. The van der Waals surface area contributed by atoms with E-state index >= 15 is 0 Å². The van der Waals surface area contributed by atoms with Crippen LogP contribution in [0.2, 0.25) is 0 Å². The molecule has 2 rings (SSSR count). The lowest BCUT2D eigenvalue weighted by Crippen LogP contribution is -2.13. The largest absolute Gasteiger partial charge is 0.309 e. The molecule has 0 aliphatic rings. The molecule has 1 aromatic heterocycles. The lowest BCUT2D eigenvalue weighted by Gasteiger charge is -2.05. The van der Waals surface area contributed by atoms with Crippen LogP contribution in [-0.4, -0.2) is 16.1 Å². The molecule has 1 heterocycles. The van der Waals surface area contributed by atoms with E-state index in [4.69, 9.17) is 0 Å². The molecule has 3 heteroatoms. The lowest BCUT2D eigenvalue weighted by molar-refractivity contribution is 0.757. The number of nitrogens with zero attached hydrogens (tertiary/aromatic N) is 2. The van der Waals surface area contributed by atoms with Gasteiger partial charge in [-0.05, 0) is 31.5 Å². The van der Waals surface area contributed by atoms with Crippen LogP contribution in [0.25, 0.3) is 5.69 Å². The third kappa shape index (κ3) is 3.57. The van der Waals surface area contributed by atoms with Crippen molar-refractivity contribution in [2.45, 2.75) is 20.4 Å². The quantitative estimate of drug-likeness (QED) is 0.644. The highest BCUT2D eigenvalue weighted by atomic mass is 15.0. The summed E-state index contributed by atoms with van der Waals surface area (Å²) in [4.78, 5) is 4.04. The van der Waals surface area contributed by atoms with Crippen LogP contribution >= 0.6 is 0 Å². The van der Waals surface area contributed by atoms with Gasteiger partial charge in [-0.3, -0.25) is 0 Å². The highest BCUT2D eigenvalue weighted by Crippen LogP contribution is 2.08. The number of hydrogen-bond donors (Lipinski definition) is 1. The minimum atomic E-state index is 0.897. The van der Waals surface area contributed by atoms with Crippen molar-refractivity contribution in [3.63, 3.8) is 0 Å². The molecule has 0 aliphatic carbocycles. The van der Waals surface area contributed by atoms with Crippen molar-refractivity contribution in [1.29, 1.82) is 0 Å². The van der Waals surface area contributed by atoms with Gasteiger partial charge in [-0.1, -0.05) is 23.8 Å². The van der Waals surface area contributed by atoms with E-state index in [1.165, 1.54) is 11.1 Å². The molecule has 0 amide bonds. The van der Waals surface area contributed by atoms with Crippen molar-refractivity contribution < 1.29 is 0 Å². The van der Waals surface area contributed by atoms with Gasteiger partial charge in [0.15, 0.2) is 0 Å². The smallest absolute Gasteiger partial charge is 0.0991 e. The predicted molar refractivity (Wildman–Crippen MR) is 74.7 cm³/mol. The van der Waals surface area contributed by atoms with Crippen LogP contribution < -0.4 is 5.32 Å². The van der Waals surface area contributed by atoms with Crippen molar-refractivity contribution in [1.82, 2.24) is 14.9 Å². The zero-order valence-corrected chi connectivity index (χ0v) is 10.9. The summed E-state index contributed by atoms with van der Waals surface area (Å²) in [5, 5.41) is 3.39. The molecular weight excluding hydrogens is 222 g/mol. The Morgan fingerprint density at radius 2 is 2.06 bits per heavy atom. The summed E-state index contributed by atoms with van der Waals surface area (Å²) in [5.41, 5.74) is 3.78. The van der Waals surface area contributed by atoms with Gasteiger partial charge in [0.05, 0.1) is 6.33 Å². The first-order valence-electron chi connectivity index (χ1n) is 6.17. The molecule has 0 unspecified atom stereocenters. The maximum Gasteiger partial charge on any atom is 0.0991 e. The molecule has 94 valence electrons. The van der Waals surface area contributed by atoms with E-state index in [1.54, 1.807) is 6.20 Å². The number of nitrogens with one attached hydrogen (secondary N) is 1. The molecule has 0 bridgehead atoms. The number of imidazole rings is 1. The van der Waals surface area contributed by atoms with Crippen molar-refractivity contribution in [3.05, 3.63) is 60.2 Å². The van der Waals surface area contributed by atoms with E-state index < -0.39 is 0 Å². The number of hydrogen-bond acceptors (Lipinski definition) is 2. The van der Waals surface area contributed by atoms with E-state index in [9.17, 15) is 0 Å². The second-order valence-corrected chi connectivity index (χ2v) is 4.55. The number of aromatic nitrogens is 2. The fourth-order valence-electron chi connectivity index (χ4n) is 1.69. The van der Waals surface area contributed by atoms with Gasteiger partial charge in [0, 0.05) is 31.2 Å². The molecule has 0 saturated heterocycles. The third-order valence-corrected chi connectivity index (χ3v) is 2.72. The summed E-state index contributed by atoms with van der Waals surface area (Å²) in [6.45, 7) is 6.04. The fourth-order valence-corrected chi connectivity index (χ4v) is 1.69. The Morgan fingerprint density at radius 1 is 1.28 bits per heavy atom. The highest BCUT2D eigenvalue weighted by Gasteiger charge is 1.96. The molecule has 0 spiro atoms. The van der Waals surface area contributed by atoms with Crippen molar-refractivity contribution in [2.75, 3.05) is 6.54 Å². The second kappa shape index (κ2) is 6.17. The topological polar surface area (TPSA) is 29.9 Å². The standard InChI is InChI=1S/C15H19N3/c1-13(2)7-8-16-11-14-3-5-15(6-4-14)18-10-9-17-12-18/h3-7,9-10,12,16H,8,11H2,1-2H3. The summed E-state index contributed by atoms with van der Waals surface area (Å²) in [7, 11) is 0. The van der Waals surface area contributed by atoms with Gasteiger partial charge in [-0.15, -0.1) is 0 Å². The Labute approximate surface area is 108 Å². The van der Waals surface area contributed by atoms with E-state index in [0.29, 0.717) is 0 Å². The van der Waals surface area contributed by atoms with Crippen LogP contribution in [0.1, 0.15) is 19.4 Å². The number of benzene rings is 1. The van der Waals surface area contributed by atoms with Gasteiger partial charge in [-0.25, -0.2) is 4.98 Å². The molecule has 1 N–H and O–H groups in total. The van der Waals surface area contributed by atoms with E-state index in [2.05, 4.69) is 54.5 Å². The van der Waals surface area contributed by atoms with Crippen molar-refractivity contribution in [2.24, 2.45) is 0 Å². The summed E-state index contributed by atoms with van der Waals surface area (Å²) in [6, 6.07) is 8.51. The summed E-state index contributed by atoms with van der Waals surface area (Å²) in [5.74, 6) is 0. The normalized spacial score (nSPS) is 10.3. The molecule has 0 aliphatic heterocycles. The molecule has 18 heavy (non-hydrogen) atoms. The molecule has 0 radical (unpaired) electrons. The summed E-state index contributed by atoms with van der Waals surface area (Å²) < 4.78 is 2.00. The van der Waals surface area contributed by atoms with Gasteiger partial charge in [0.1, 0.15) is 0 Å². The molecule has 2 aromatic rings. The predicted octanol–water partition coefficient (Wildman–Crippen LogP) is 2.93. The maximum atomic E-state index is 4.04. The number of rotatable bonds is 5. The Kier molecular flexibility index (Phi) is 4.31. The summed E-state index contributed by atoms with van der Waals surface area (Å²) >= 11 is 0. The zero-order chi connectivity index (χ0) is 12.8. The first-order chi connectivity index (χ1) is 8.75. The van der Waals surface area contributed by atoms with Gasteiger partial charge in [0.2, 0.25) is 0 Å². The van der Waals surface area contributed by atoms with Crippen LogP contribution in [0, 0.1) is 0 Å². The van der Waals surface area contributed by atoms with Gasteiger partial charge >= 0.3 is 0 Å². The Morgan fingerprint density at radius 3 is 2.67 bits per heavy atom. The van der Waals surface area contributed by atoms with Gasteiger partial charge in [0.25, 0.3) is 0 Å². The third-order valence-electron chi connectivity index (χ3n) is 2.72. The van der Waals surface area contributed by atoms with E-state index in [1.807, 2.05) is 17.1 Å². The van der Waals surface area contributed by atoms with Gasteiger partial charge in [-0.2, -0.15) is 0 Å². The average Bonchev–Trinajstić information content (AvgIpc) is 2.89. The molecular formula is C15H19N3. The average molecular weight is 241 g/mol. The van der Waals surface area contributed by atoms with E-state index in [0.717, 1.165) is 18.8 Å². The molecule has 0 fully saturated rings. The minimum Gasteiger partial charge on any atom is -0.309 e. The maximum absolute atomic E-state index is 4.04. The van der Waals surface area contributed by atoms with Gasteiger partial charge < -0.3 is 9.88 Å². The van der Waals surface area contributed by atoms with Crippen LogP contribution in [-0.2, 0) is 6.54 Å². The van der Waals surface area contributed by atoms with Crippen molar-refractivity contribution >= 4 is 0 Å². The SMILES string of the molecule is CC(C)=CCNCc1ccc(-n2ccnc2)cc1. The van der Waals surface area contributed by atoms with Crippen LogP contribution in [0.15, 0.2) is 54.6 Å². The van der Waals surface area contributed by atoms with Crippen molar-refractivity contribution in [3.8, 4) is 5.69 Å². The van der Waals surface area contributed by atoms with Crippen LogP contribution in [0.5, 0.6) is 0 Å². The molecule has 0 saturated carbocycles. The first-order valence-corrected chi connectivity index (χ1v) is 6.17. The number of allylic oxidation sites excluding steroid dienone is 1. The van der Waals surface area contributed by atoms with Crippen LogP contribution in [0.3, 0.4) is 0 Å². The second-order valence-electron chi connectivity index (χ2n) is 4.55. The monoisotopic (exact) mass is 241 g/mol. The Hall–Kier alpha value is -1.87. The fraction of sp³-hybridized carbons (Fsp3) is 0.267. The Bertz CT molecular complexity index is 491. The molecule has 0 atom stereocenters. The first kappa shape index (κ1) is 12.6. The molecule has 3 nitrogen and oxygen atoms in total. The summed E-state index contributed by atoms with van der Waals surface area (Å²) in [6.07, 6.45) is 7.74. The van der Waals surface area contributed by atoms with Crippen LogP contribution in [0.4, 0.5) is 0 Å². The zero-order valence-electron chi connectivity index (χ0n) is 10.9. The highest BCUT2D eigenvalue weighted by molar-refractivity contribution is 5.34. The minimum absolute atomic E-state index is 0.897.